The van der Waals surface area contributed by atoms with Crippen molar-refractivity contribution in [2.45, 2.75) is 26.9 Å². The average Bonchev–Trinajstić information content (AvgIpc) is 3.15. The Kier molecular flexibility index (Phi) is 4.57. The van der Waals surface area contributed by atoms with Gasteiger partial charge in [-0.1, -0.05) is 22.8 Å². The number of hydrogen-bond donors (Lipinski definition) is 1. The molecule has 124 valence electrons. The SMILES string of the molecule is Cc1nn(Cc2noc(C(=O)NCc3cccnc3)n2)c(C)c1Cl. The van der Waals surface area contributed by atoms with Gasteiger partial charge in [-0.05, 0) is 25.5 Å². The Morgan fingerprint density at radius 2 is 2.25 bits per heavy atom. The van der Waals surface area contributed by atoms with Crippen LogP contribution < -0.4 is 5.32 Å². The molecule has 3 aromatic rings. The second-order valence-corrected chi connectivity index (χ2v) is 5.58. The smallest absolute Gasteiger partial charge is 0.316 e. The topological polar surface area (TPSA) is 98.7 Å². The first-order valence-corrected chi connectivity index (χ1v) is 7.61. The van der Waals surface area contributed by atoms with E-state index < -0.39 is 5.91 Å². The van der Waals surface area contributed by atoms with Gasteiger partial charge in [-0.2, -0.15) is 10.1 Å². The number of aromatic nitrogens is 5. The molecular formula is C15H15ClN6O2. The number of carbonyl (C=O) groups is 1. The lowest BCUT2D eigenvalue weighted by Gasteiger charge is -2.01. The summed E-state index contributed by atoms with van der Waals surface area (Å²) < 4.78 is 6.67. The predicted molar refractivity (Wildman–Crippen MR) is 85.5 cm³/mol. The first-order chi connectivity index (χ1) is 11.5. The van der Waals surface area contributed by atoms with Gasteiger partial charge in [-0.25, -0.2) is 0 Å². The van der Waals surface area contributed by atoms with Gasteiger partial charge in [0.1, 0.15) is 6.54 Å². The van der Waals surface area contributed by atoms with E-state index in [1.807, 2.05) is 19.9 Å². The molecule has 0 aliphatic heterocycles. The summed E-state index contributed by atoms with van der Waals surface area (Å²) in [6.45, 7) is 4.28. The maximum atomic E-state index is 12.0. The number of carbonyl (C=O) groups excluding carboxylic acids is 1. The van der Waals surface area contributed by atoms with Crippen molar-refractivity contribution in [2.24, 2.45) is 0 Å². The fourth-order valence-corrected chi connectivity index (χ4v) is 2.27. The zero-order valence-electron chi connectivity index (χ0n) is 13.2. The summed E-state index contributed by atoms with van der Waals surface area (Å²) in [5.41, 5.74) is 2.41. The Morgan fingerprint density at radius 1 is 1.42 bits per heavy atom. The molecule has 0 atom stereocenters. The zero-order valence-corrected chi connectivity index (χ0v) is 13.9. The van der Waals surface area contributed by atoms with Crippen LogP contribution in [0, 0.1) is 13.8 Å². The number of nitrogens with one attached hydrogen (secondary N) is 1. The first-order valence-electron chi connectivity index (χ1n) is 7.24. The summed E-state index contributed by atoms with van der Waals surface area (Å²) in [6, 6.07) is 3.66. The summed E-state index contributed by atoms with van der Waals surface area (Å²) in [6.07, 6.45) is 3.34. The monoisotopic (exact) mass is 346 g/mol. The molecule has 1 N–H and O–H groups in total. The molecule has 0 aliphatic carbocycles. The van der Waals surface area contributed by atoms with E-state index in [0.717, 1.165) is 17.0 Å². The molecule has 3 rings (SSSR count). The van der Waals surface area contributed by atoms with Crippen molar-refractivity contribution < 1.29 is 9.32 Å². The van der Waals surface area contributed by atoms with Crippen molar-refractivity contribution in [1.82, 2.24) is 30.2 Å². The van der Waals surface area contributed by atoms with Crippen LogP contribution >= 0.6 is 11.6 Å². The molecule has 24 heavy (non-hydrogen) atoms. The molecule has 0 bridgehead atoms. The van der Waals surface area contributed by atoms with Crippen LogP contribution in [-0.2, 0) is 13.1 Å². The molecule has 0 spiro atoms. The average molecular weight is 347 g/mol. The van der Waals surface area contributed by atoms with Crippen LogP contribution in [0.25, 0.3) is 0 Å². The largest absolute Gasteiger partial charge is 0.344 e. The Hall–Kier alpha value is -2.74. The molecule has 0 radical (unpaired) electrons. The fraction of sp³-hybridized carbons (Fsp3) is 0.267. The van der Waals surface area contributed by atoms with Crippen molar-refractivity contribution in [3.8, 4) is 0 Å². The van der Waals surface area contributed by atoms with Crippen LogP contribution in [0.15, 0.2) is 29.0 Å². The molecule has 0 fully saturated rings. The van der Waals surface area contributed by atoms with Gasteiger partial charge in [-0.3, -0.25) is 14.5 Å². The minimum Gasteiger partial charge on any atom is -0.344 e. The van der Waals surface area contributed by atoms with Crippen molar-refractivity contribution >= 4 is 17.5 Å². The second kappa shape index (κ2) is 6.79. The highest BCUT2D eigenvalue weighted by Gasteiger charge is 2.17. The van der Waals surface area contributed by atoms with E-state index in [1.54, 1.807) is 23.1 Å². The standard InChI is InChI=1S/C15H15ClN6O2/c1-9-13(16)10(2)22(20-9)8-12-19-15(24-21-12)14(23)18-7-11-4-3-5-17-6-11/h3-6H,7-8H2,1-2H3,(H,18,23). The number of nitrogens with zero attached hydrogens (tertiary/aromatic N) is 5. The fourth-order valence-electron chi connectivity index (χ4n) is 2.13. The first kappa shape index (κ1) is 16.1. The van der Waals surface area contributed by atoms with Gasteiger partial charge in [0.25, 0.3) is 0 Å². The van der Waals surface area contributed by atoms with Crippen molar-refractivity contribution in [2.75, 3.05) is 0 Å². The lowest BCUT2D eigenvalue weighted by atomic mass is 10.3. The van der Waals surface area contributed by atoms with E-state index in [2.05, 4.69) is 25.5 Å². The van der Waals surface area contributed by atoms with Gasteiger partial charge in [0, 0.05) is 18.9 Å². The number of amides is 1. The van der Waals surface area contributed by atoms with E-state index in [4.69, 9.17) is 16.1 Å². The molecule has 3 aromatic heterocycles. The highest BCUT2D eigenvalue weighted by atomic mass is 35.5. The molecule has 0 unspecified atom stereocenters. The quantitative estimate of drug-likeness (QED) is 0.757. The van der Waals surface area contributed by atoms with Gasteiger partial charge in [0.15, 0.2) is 5.82 Å². The van der Waals surface area contributed by atoms with Gasteiger partial charge in [0.05, 0.1) is 16.4 Å². The van der Waals surface area contributed by atoms with Crippen molar-refractivity contribution in [3.63, 3.8) is 0 Å². The van der Waals surface area contributed by atoms with E-state index in [9.17, 15) is 4.79 Å². The van der Waals surface area contributed by atoms with Gasteiger partial charge in [0.2, 0.25) is 0 Å². The molecule has 8 nitrogen and oxygen atoms in total. The summed E-state index contributed by atoms with van der Waals surface area (Å²) in [5.74, 6) is -0.186. The Bertz CT molecular complexity index is 858. The molecule has 0 saturated carbocycles. The molecule has 0 aromatic carbocycles. The Labute approximate surface area is 142 Å². The molecule has 0 saturated heterocycles. The highest BCUT2D eigenvalue weighted by molar-refractivity contribution is 6.31. The normalized spacial score (nSPS) is 10.8. The second-order valence-electron chi connectivity index (χ2n) is 5.20. The molecule has 0 aliphatic rings. The Balaban J connectivity index is 1.64. The van der Waals surface area contributed by atoms with Crippen LogP contribution in [0.4, 0.5) is 0 Å². The van der Waals surface area contributed by atoms with Crippen LogP contribution in [0.1, 0.15) is 33.5 Å². The van der Waals surface area contributed by atoms with Gasteiger partial charge < -0.3 is 9.84 Å². The summed E-state index contributed by atoms with van der Waals surface area (Å²) in [4.78, 5) is 20.1. The number of aryl methyl sites for hydroxylation is 1. The maximum Gasteiger partial charge on any atom is 0.316 e. The van der Waals surface area contributed by atoms with E-state index in [0.29, 0.717) is 17.4 Å². The molecule has 9 heteroatoms. The number of halogens is 1. The minimum absolute atomic E-state index is 0.0958. The zero-order chi connectivity index (χ0) is 17.1. The van der Waals surface area contributed by atoms with Crippen molar-refractivity contribution in [3.05, 3.63) is 58.2 Å². The van der Waals surface area contributed by atoms with Crippen molar-refractivity contribution in [1.29, 1.82) is 0 Å². The third-order valence-corrected chi connectivity index (χ3v) is 3.97. The van der Waals surface area contributed by atoms with Gasteiger partial charge >= 0.3 is 11.8 Å². The van der Waals surface area contributed by atoms with Crippen LogP contribution in [0.2, 0.25) is 5.02 Å². The summed E-state index contributed by atoms with van der Waals surface area (Å²) in [7, 11) is 0. The van der Waals surface area contributed by atoms with E-state index >= 15 is 0 Å². The summed E-state index contributed by atoms with van der Waals surface area (Å²) in [5, 5.41) is 11.4. The lowest BCUT2D eigenvalue weighted by Crippen LogP contribution is -2.23. The predicted octanol–water partition coefficient (Wildman–Crippen LogP) is 1.91. The highest BCUT2D eigenvalue weighted by Crippen LogP contribution is 2.19. The molecular weight excluding hydrogens is 332 g/mol. The summed E-state index contributed by atoms with van der Waals surface area (Å²) >= 11 is 6.10. The third-order valence-electron chi connectivity index (χ3n) is 3.42. The lowest BCUT2D eigenvalue weighted by molar-refractivity contribution is 0.0907. The number of hydrogen-bond acceptors (Lipinski definition) is 6. The molecule has 1 amide bonds. The van der Waals surface area contributed by atoms with Gasteiger partial charge in [-0.15, -0.1) is 0 Å². The van der Waals surface area contributed by atoms with E-state index in [-0.39, 0.29) is 12.4 Å². The number of pyridine rings is 1. The maximum absolute atomic E-state index is 12.0. The number of rotatable bonds is 5. The van der Waals surface area contributed by atoms with E-state index in [1.165, 1.54) is 0 Å². The van der Waals surface area contributed by atoms with Crippen LogP contribution in [-0.4, -0.2) is 30.8 Å². The molecule has 3 heterocycles. The van der Waals surface area contributed by atoms with Crippen LogP contribution in [0.3, 0.4) is 0 Å². The Morgan fingerprint density at radius 3 is 2.92 bits per heavy atom. The van der Waals surface area contributed by atoms with Crippen LogP contribution in [0.5, 0.6) is 0 Å². The third kappa shape index (κ3) is 3.43. The minimum atomic E-state index is -0.441.